The van der Waals surface area contributed by atoms with E-state index in [-0.39, 0.29) is 0 Å². The van der Waals surface area contributed by atoms with Gasteiger partial charge in [0.1, 0.15) is 0 Å². The van der Waals surface area contributed by atoms with Crippen LogP contribution in [0.15, 0.2) is 0 Å². The van der Waals surface area contributed by atoms with E-state index in [1.807, 2.05) is 0 Å². The summed E-state index contributed by atoms with van der Waals surface area (Å²) >= 11 is 0. The van der Waals surface area contributed by atoms with Crippen LogP contribution in [0.25, 0.3) is 0 Å². The molecule has 2 aliphatic rings. The average Bonchev–Trinajstić information content (AvgIpc) is 3.20. The van der Waals surface area contributed by atoms with E-state index in [2.05, 4.69) is 24.2 Å². The number of likely N-dealkylation sites (N-methyl/N-ethyl adjacent to an activating group) is 1. The monoisotopic (exact) mass is 268 g/mol. The first-order chi connectivity index (χ1) is 9.24. The first-order valence-electron chi connectivity index (χ1n) is 8.21. The fourth-order valence-electron chi connectivity index (χ4n) is 3.39. The lowest BCUT2D eigenvalue weighted by Crippen LogP contribution is -2.47. The van der Waals surface area contributed by atoms with Gasteiger partial charge < -0.3 is 15.0 Å². The third-order valence-corrected chi connectivity index (χ3v) is 4.61. The molecule has 0 amide bonds. The fourth-order valence-corrected chi connectivity index (χ4v) is 3.39. The Morgan fingerprint density at radius 2 is 2.21 bits per heavy atom. The van der Waals surface area contributed by atoms with Gasteiger partial charge >= 0.3 is 0 Å². The van der Waals surface area contributed by atoms with Crippen LogP contribution in [0.2, 0.25) is 0 Å². The van der Waals surface area contributed by atoms with E-state index in [4.69, 9.17) is 4.74 Å². The Balaban J connectivity index is 1.66. The summed E-state index contributed by atoms with van der Waals surface area (Å²) in [6, 6.07) is 0. The van der Waals surface area contributed by atoms with Crippen LogP contribution in [0.3, 0.4) is 0 Å². The molecule has 0 aromatic rings. The molecular formula is C16H32N2O. The molecule has 2 fully saturated rings. The number of nitrogens with zero attached hydrogens (tertiary/aromatic N) is 1. The van der Waals surface area contributed by atoms with Crippen molar-refractivity contribution in [3.8, 4) is 0 Å². The number of rotatable bonds is 9. The smallest absolute Gasteiger partial charge is 0.0593 e. The Morgan fingerprint density at radius 3 is 2.84 bits per heavy atom. The van der Waals surface area contributed by atoms with Crippen LogP contribution in [0.4, 0.5) is 0 Å². The lowest BCUT2D eigenvalue weighted by atomic mass is 9.76. The van der Waals surface area contributed by atoms with Crippen molar-refractivity contribution in [1.29, 1.82) is 0 Å². The molecule has 3 heteroatoms. The molecule has 0 aromatic carbocycles. The highest BCUT2D eigenvalue weighted by molar-refractivity contribution is 4.87. The number of ether oxygens (including phenoxy) is 1. The Bertz CT molecular complexity index is 242. The minimum atomic E-state index is 0.512. The van der Waals surface area contributed by atoms with Gasteiger partial charge in [-0.15, -0.1) is 0 Å². The van der Waals surface area contributed by atoms with E-state index < -0.39 is 0 Å². The van der Waals surface area contributed by atoms with Crippen molar-refractivity contribution in [1.82, 2.24) is 10.2 Å². The van der Waals surface area contributed by atoms with E-state index in [9.17, 15) is 0 Å². The maximum Gasteiger partial charge on any atom is 0.0593 e. The molecule has 1 N–H and O–H groups in total. The predicted octanol–water partition coefficient (Wildman–Crippen LogP) is 2.51. The van der Waals surface area contributed by atoms with Crippen LogP contribution >= 0.6 is 0 Å². The zero-order valence-electron chi connectivity index (χ0n) is 12.9. The average molecular weight is 268 g/mol. The lowest BCUT2D eigenvalue weighted by Gasteiger charge is -2.40. The zero-order chi connectivity index (χ0) is 13.6. The van der Waals surface area contributed by atoms with Gasteiger partial charge in [0.2, 0.25) is 0 Å². The molecule has 0 spiro atoms. The number of nitrogens with one attached hydrogen (secondary N) is 1. The van der Waals surface area contributed by atoms with Crippen LogP contribution in [-0.2, 0) is 4.74 Å². The predicted molar refractivity (Wildman–Crippen MR) is 80.5 cm³/mol. The highest BCUT2D eigenvalue weighted by Crippen LogP contribution is 2.32. The van der Waals surface area contributed by atoms with Crippen LogP contribution in [0.1, 0.15) is 45.4 Å². The minimum absolute atomic E-state index is 0.512. The van der Waals surface area contributed by atoms with Crippen molar-refractivity contribution < 1.29 is 4.74 Å². The summed E-state index contributed by atoms with van der Waals surface area (Å²) in [5.74, 6) is 0.888. The van der Waals surface area contributed by atoms with Gasteiger partial charge in [-0.2, -0.15) is 0 Å². The molecule has 112 valence electrons. The normalized spacial score (nSPS) is 27.9. The second-order valence-corrected chi connectivity index (χ2v) is 6.79. The molecule has 2 rings (SSSR count). The van der Waals surface area contributed by atoms with Crippen LogP contribution in [0.5, 0.6) is 0 Å². The topological polar surface area (TPSA) is 24.5 Å². The van der Waals surface area contributed by atoms with Crippen LogP contribution < -0.4 is 5.32 Å². The second kappa shape index (κ2) is 7.61. The highest BCUT2D eigenvalue weighted by Gasteiger charge is 2.32. The largest absolute Gasteiger partial charge is 0.380 e. The number of hydrogen-bond acceptors (Lipinski definition) is 3. The van der Waals surface area contributed by atoms with Crippen molar-refractivity contribution in [2.75, 3.05) is 46.4 Å². The zero-order valence-corrected chi connectivity index (χ0v) is 12.9. The molecule has 0 bridgehead atoms. The number of piperidine rings is 1. The van der Waals surface area contributed by atoms with Gasteiger partial charge in [0.25, 0.3) is 0 Å². The van der Waals surface area contributed by atoms with Crippen molar-refractivity contribution in [3.05, 3.63) is 0 Å². The second-order valence-electron chi connectivity index (χ2n) is 6.79. The molecule has 1 aliphatic carbocycles. The van der Waals surface area contributed by atoms with Crippen LogP contribution in [-0.4, -0.2) is 51.3 Å². The molecule has 1 atom stereocenters. The quantitative estimate of drug-likeness (QED) is 0.650. The summed E-state index contributed by atoms with van der Waals surface area (Å²) < 4.78 is 5.75. The summed E-state index contributed by atoms with van der Waals surface area (Å²) in [6.07, 6.45) is 8.16. The summed E-state index contributed by atoms with van der Waals surface area (Å²) in [5, 5.41) is 3.60. The highest BCUT2D eigenvalue weighted by atomic mass is 16.5. The minimum Gasteiger partial charge on any atom is -0.380 e. The maximum atomic E-state index is 5.75. The summed E-state index contributed by atoms with van der Waals surface area (Å²) in [4.78, 5) is 2.48. The summed E-state index contributed by atoms with van der Waals surface area (Å²) in [6.45, 7) is 8.93. The molecule has 1 unspecified atom stereocenters. The molecule has 1 saturated heterocycles. The van der Waals surface area contributed by atoms with Crippen molar-refractivity contribution >= 4 is 0 Å². The molecule has 19 heavy (non-hydrogen) atoms. The Morgan fingerprint density at radius 1 is 1.37 bits per heavy atom. The first kappa shape index (κ1) is 15.3. The van der Waals surface area contributed by atoms with E-state index >= 15 is 0 Å². The van der Waals surface area contributed by atoms with E-state index in [0.29, 0.717) is 5.41 Å². The Kier molecular flexibility index (Phi) is 6.11. The third kappa shape index (κ3) is 5.41. The standard InChI is InChI=1S/C16H32N2O/c1-3-7-16(8-4-9-17-13-16)14-18(2)10-11-19-12-15-5-6-15/h15,17H,3-14H2,1-2H3. The third-order valence-electron chi connectivity index (χ3n) is 4.61. The van der Waals surface area contributed by atoms with Gasteiger partial charge in [-0.1, -0.05) is 13.3 Å². The van der Waals surface area contributed by atoms with Gasteiger partial charge in [-0.3, -0.25) is 0 Å². The lowest BCUT2D eigenvalue weighted by molar-refractivity contribution is 0.0742. The van der Waals surface area contributed by atoms with Crippen LogP contribution in [0, 0.1) is 11.3 Å². The molecule has 0 radical (unpaired) electrons. The Hall–Kier alpha value is -0.120. The fraction of sp³-hybridized carbons (Fsp3) is 1.00. The van der Waals surface area contributed by atoms with E-state index in [0.717, 1.165) is 25.7 Å². The molecule has 1 heterocycles. The van der Waals surface area contributed by atoms with Crippen molar-refractivity contribution in [3.63, 3.8) is 0 Å². The van der Waals surface area contributed by atoms with Crippen molar-refractivity contribution in [2.24, 2.45) is 11.3 Å². The van der Waals surface area contributed by atoms with Crippen molar-refractivity contribution in [2.45, 2.75) is 45.4 Å². The Labute approximate surface area is 119 Å². The first-order valence-corrected chi connectivity index (χ1v) is 8.21. The molecule has 1 saturated carbocycles. The van der Waals surface area contributed by atoms with Gasteiger partial charge in [-0.05, 0) is 57.0 Å². The van der Waals surface area contributed by atoms with Gasteiger partial charge in [0.15, 0.2) is 0 Å². The molecule has 1 aliphatic heterocycles. The summed E-state index contributed by atoms with van der Waals surface area (Å²) in [5.41, 5.74) is 0.512. The SMILES string of the molecule is CCCC1(CN(C)CCOCC2CC2)CCCNC1. The molecule has 3 nitrogen and oxygen atoms in total. The maximum absolute atomic E-state index is 5.75. The van der Waals surface area contributed by atoms with E-state index in [1.165, 1.54) is 58.2 Å². The van der Waals surface area contributed by atoms with Gasteiger partial charge in [0, 0.05) is 26.2 Å². The molecular weight excluding hydrogens is 236 g/mol. The number of hydrogen-bond donors (Lipinski definition) is 1. The van der Waals surface area contributed by atoms with Gasteiger partial charge in [-0.25, -0.2) is 0 Å². The summed E-state index contributed by atoms with van der Waals surface area (Å²) in [7, 11) is 2.26. The molecule has 0 aromatic heterocycles. The van der Waals surface area contributed by atoms with E-state index in [1.54, 1.807) is 0 Å². The van der Waals surface area contributed by atoms with Gasteiger partial charge in [0.05, 0.1) is 6.61 Å².